The van der Waals surface area contributed by atoms with Crippen molar-refractivity contribution in [3.63, 3.8) is 0 Å². The van der Waals surface area contributed by atoms with E-state index >= 15 is 0 Å². The summed E-state index contributed by atoms with van der Waals surface area (Å²) in [4.78, 5) is 3.97. The van der Waals surface area contributed by atoms with Crippen LogP contribution in [0.15, 0.2) is 102 Å². The van der Waals surface area contributed by atoms with Crippen molar-refractivity contribution < 1.29 is 30.7 Å². The van der Waals surface area contributed by atoms with E-state index in [4.69, 9.17) is 4.74 Å². The van der Waals surface area contributed by atoms with Crippen molar-refractivity contribution in [2.75, 3.05) is 4.72 Å². The summed E-state index contributed by atoms with van der Waals surface area (Å²) in [6.07, 6.45) is -4.62. The minimum Gasteiger partial charge on any atom is -0.456 e. The summed E-state index contributed by atoms with van der Waals surface area (Å²) in [5, 5.41) is 0.0962. The maximum absolute atomic E-state index is 15.0. The number of rotatable bonds is 6. The number of para-hydroxylation sites is 1. The van der Waals surface area contributed by atoms with Gasteiger partial charge in [0.15, 0.2) is 5.82 Å². The Morgan fingerprint density at radius 3 is 2.26 bits per heavy atom. The van der Waals surface area contributed by atoms with Crippen LogP contribution in [0.3, 0.4) is 0 Å². The standard InChI is InChI=1S/C29H20F4N2O3S/c1-18-15-27(23-11-6-12-24(28(23)34-18)29(31,32)33)38-21-13-14-26(25(30)17-21)35-39(36,37)22-10-5-9-20(16-22)19-7-3-2-4-8-19/h2-17,35H,1H3. The Kier molecular flexibility index (Phi) is 6.73. The molecule has 0 amide bonds. The average molecular weight is 553 g/mol. The highest BCUT2D eigenvalue weighted by atomic mass is 32.2. The highest BCUT2D eigenvalue weighted by Gasteiger charge is 2.33. The zero-order valence-corrected chi connectivity index (χ0v) is 21.1. The van der Waals surface area contributed by atoms with Gasteiger partial charge in [-0.25, -0.2) is 12.8 Å². The molecule has 1 heterocycles. The number of anilines is 1. The van der Waals surface area contributed by atoms with Crippen molar-refractivity contribution in [1.82, 2.24) is 4.98 Å². The second kappa shape index (κ2) is 10.0. The monoisotopic (exact) mass is 552 g/mol. The SMILES string of the molecule is Cc1cc(Oc2ccc(NS(=O)(=O)c3cccc(-c4ccccc4)c3)c(F)c2)c2cccc(C(F)(F)F)c2n1. The predicted molar refractivity (Wildman–Crippen MR) is 141 cm³/mol. The lowest BCUT2D eigenvalue weighted by Gasteiger charge is -2.15. The van der Waals surface area contributed by atoms with Crippen LogP contribution in [0, 0.1) is 12.7 Å². The van der Waals surface area contributed by atoms with Gasteiger partial charge in [-0.3, -0.25) is 9.71 Å². The third-order valence-electron chi connectivity index (χ3n) is 5.90. The molecular weight excluding hydrogens is 532 g/mol. The van der Waals surface area contributed by atoms with Gasteiger partial charge < -0.3 is 4.74 Å². The number of pyridine rings is 1. The molecule has 0 unspecified atom stereocenters. The number of alkyl halides is 3. The van der Waals surface area contributed by atoms with Crippen LogP contribution in [0.2, 0.25) is 0 Å². The molecule has 5 aromatic rings. The summed E-state index contributed by atoms with van der Waals surface area (Å²) in [6, 6.07) is 23.9. The smallest absolute Gasteiger partial charge is 0.418 e. The Morgan fingerprint density at radius 1 is 0.821 bits per heavy atom. The maximum atomic E-state index is 15.0. The molecule has 39 heavy (non-hydrogen) atoms. The van der Waals surface area contributed by atoms with Crippen LogP contribution in [0.4, 0.5) is 23.2 Å². The number of fused-ring (bicyclic) bond motifs is 1. The number of sulfonamides is 1. The van der Waals surface area contributed by atoms with Gasteiger partial charge in [0.25, 0.3) is 10.0 Å². The number of halogens is 4. The molecule has 0 spiro atoms. The number of ether oxygens (including phenoxy) is 1. The Hall–Kier alpha value is -4.44. The van der Waals surface area contributed by atoms with E-state index in [9.17, 15) is 26.0 Å². The minimum absolute atomic E-state index is 0.0363. The van der Waals surface area contributed by atoms with Crippen LogP contribution < -0.4 is 9.46 Å². The lowest BCUT2D eigenvalue weighted by Crippen LogP contribution is -2.14. The highest BCUT2D eigenvalue weighted by molar-refractivity contribution is 7.92. The maximum Gasteiger partial charge on any atom is 0.418 e. The topological polar surface area (TPSA) is 68.3 Å². The molecule has 0 bridgehead atoms. The van der Waals surface area contributed by atoms with E-state index in [1.54, 1.807) is 12.1 Å². The third-order valence-corrected chi connectivity index (χ3v) is 7.26. The van der Waals surface area contributed by atoms with E-state index in [0.29, 0.717) is 5.56 Å². The van der Waals surface area contributed by atoms with Crippen molar-refractivity contribution in [1.29, 1.82) is 0 Å². The van der Waals surface area contributed by atoms with E-state index in [2.05, 4.69) is 9.71 Å². The van der Waals surface area contributed by atoms with Gasteiger partial charge in [-0.15, -0.1) is 0 Å². The zero-order valence-electron chi connectivity index (χ0n) is 20.3. The first-order valence-corrected chi connectivity index (χ1v) is 13.1. The molecule has 0 saturated heterocycles. The average Bonchev–Trinajstić information content (AvgIpc) is 2.90. The molecule has 0 aliphatic heterocycles. The van der Waals surface area contributed by atoms with Gasteiger partial charge in [0.05, 0.1) is 21.7 Å². The third kappa shape index (κ3) is 5.56. The number of nitrogens with zero attached hydrogens (tertiary/aromatic N) is 1. The lowest BCUT2D eigenvalue weighted by atomic mass is 10.1. The van der Waals surface area contributed by atoms with Crippen molar-refractivity contribution in [2.24, 2.45) is 0 Å². The summed E-state index contributed by atoms with van der Waals surface area (Å²) in [7, 11) is -4.14. The molecule has 198 valence electrons. The Balaban J connectivity index is 1.42. The molecule has 0 aliphatic carbocycles. The van der Waals surface area contributed by atoms with Crippen molar-refractivity contribution in [3.05, 3.63) is 114 Å². The summed E-state index contributed by atoms with van der Waals surface area (Å²) < 4.78 is 89.4. The number of aromatic nitrogens is 1. The lowest BCUT2D eigenvalue weighted by molar-refractivity contribution is -0.136. The van der Waals surface area contributed by atoms with Crippen LogP contribution in [0.1, 0.15) is 11.3 Å². The van der Waals surface area contributed by atoms with E-state index in [0.717, 1.165) is 17.7 Å². The number of hydrogen-bond donors (Lipinski definition) is 1. The van der Waals surface area contributed by atoms with Crippen molar-refractivity contribution in [3.8, 4) is 22.6 Å². The summed E-state index contributed by atoms with van der Waals surface area (Å²) in [6.45, 7) is 1.52. The molecule has 5 nitrogen and oxygen atoms in total. The van der Waals surface area contributed by atoms with Crippen LogP contribution >= 0.6 is 0 Å². The predicted octanol–water partition coefficient (Wildman–Crippen LogP) is 7.96. The fraction of sp³-hybridized carbons (Fsp3) is 0.0690. The van der Waals surface area contributed by atoms with Crippen LogP contribution in [-0.2, 0) is 16.2 Å². The molecule has 4 aromatic carbocycles. The molecule has 0 radical (unpaired) electrons. The number of nitrogens with one attached hydrogen (secondary N) is 1. The van der Waals surface area contributed by atoms with Gasteiger partial charge in [-0.1, -0.05) is 48.5 Å². The molecule has 10 heteroatoms. The van der Waals surface area contributed by atoms with E-state index < -0.39 is 27.6 Å². The second-order valence-electron chi connectivity index (χ2n) is 8.70. The summed E-state index contributed by atoms with van der Waals surface area (Å²) >= 11 is 0. The minimum atomic E-state index is -4.62. The number of aryl methyl sites for hydroxylation is 1. The van der Waals surface area contributed by atoms with Crippen LogP contribution in [0.5, 0.6) is 11.5 Å². The van der Waals surface area contributed by atoms with E-state index in [-0.39, 0.29) is 38.7 Å². The molecule has 5 rings (SSSR count). The van der Waals surface area contributed by atoms with E-state index in [1.165, 1.54) is 49.4 Å². The van der Waals surface area contributed by atoms with Gasteiger partial charge in [0.1, 0.15) is 11.5 Å². The van der Waals surface area contributed by atoms with Crippen LogP contribution in [-0.4, -0.2) is 13.4 Å². The van der Waals surface area contributed by atoms with Crippen molar-refractivity contribution in [2.45, 2.75) is 18.0 Å². The summed E-state index contributed by atoms with van der Waals surface area (Å²) in [5.41, 5.74) is 0.252. The number of benzene rings is 4. The van der Waals surface area contributed by atoms with Gasteiger partial charge in [-0.2, -0.15) is 13.2 Å². The molecule has 0 fully saturated rings. The molecular formula is C29H20F4N2O3S. The quantitative estimate of drug-likeness (QED) is 0.217. The number of hydrogen-bond acceptors (Lipinski definition) is 4. The molecule has 0 aliphatic rings. The van der Waals surface area contributed by atoms with Crippen LogP contribution in [0.25, 0.3) is 22.0 Å². The van der Waals surface area contributed by atoms with Crippen molar-refractivity contribution >= 4 is 26.6 Å². The Labute approximate surface area is 221 Å². The zero-order chi connectivity index (χ0) is 27.8. The Bertz CT molecular complexity index is 1790. The fourth-order valence-corrected chi connectivity index (χ4v) is 5.21. The fourth-order valence-electron chi connectivity index (χ4n) is 4.10. The first kappa shape index (κ1) is 26.2. The highest BCUT2D eigenvalue weighted by Crippen LogP contribution is 2.38. The summed E-state index contributed by atoms with van der Waals surface area (Å²) in [5.74, 6) is -0.916. The molecule has 0 saturated carbocycles. The van der Waals surface area contributed by atoms with Gasteiger partial charge in [0.2, 0.25) is 0 Å². The Morgan fingerprint density at radius 2 is 1.54 bits per heavy atom. The largest absolute Gasteiger partial charge is 0.456 e. The van der Waals surface area contributed by atoms with Gasteiger partial charge >= 0.3 is 6.18 Å². The van der Waals surface area contributed by atoms with Gasteiger partial charge in [-0.05, 0) is 54.4 Å². The second-order valence-corrected chi connectivity index (χ2v) is 10.4. The molecule has 1 N–H and O–H groups in total. The van der Waals surface area contributed by atoms with E-state index in [1.807, 2.05) is 30.3 Å². The molecule has 0 atom stereocenters. The van der Waals surface area contributed by atoms with Gasteiger partial charge in [0, 0.05) is 23.2 Å². The normalized spacial score (nSPS) is 11.9. The first-order chi connectivity index (χ1) is 18.5. The first-order valence-electron chi connectivity index (χ1n) is 11.6. The molecule has 1 aromatic heterocycles.